The van der Waals surface area contributed by atoms with Gasteiger partial charge in [0.2, 0.25) is 5.91 Å². The Balaban J connectivity index is 1.76. The standard InChI is InChI=1S/C23H34N2O5Si/c1-15-21(31(2,3)29)19(11-13-26)30-23(15)17-14-16(9-10-18(17)24-22(23)28)25-12-7-5-4-6-8-20(25)27/h9-10,14-15,19,21,26,29H,4-8,11-13H2,1-3H3,(H,24,28)/t15-,19+,21-,23+/m0/s1. The lowest BCUT2D eigenvalue weighted by Gasteiger charge is -2.32. The van der Waals surface area contributed by atoms with E-state index in [0.29, 0.717) is 25.1 Å². The summed E-state index contributed by atoms with van der Waals surface area (Å²) in [7, 11) is -2.68. The Morgan fingerprint density at radius 1 is 1.23 bits per heavy atom. The second-order valence-corrected chi connectivity index (χ2v) is 13.7. The Morgan fingerprint density at radius 3 is 2.68 bits per heavy atom. The summed E-state index contributed by atoms with van der Waals surface area (Å²) < 4.78 is 6.45. The molecule has 8 heteroatoms. The molecule has 4 atom stereocenters. The third-order valence-electron chi connectivity index (χ3n) is 7.27. The van der Waals surface area contributed by atoms with Crippen LogP contribution in [0.5, 0.6) is 0 Å². The van der Waals surface area contributed by atoms with E-state index in [1.165, 1.54) is 0 Å². The first-order valence-corrected chi connectivity index (χ1v) is 14.5. The third kappa shape index (κ3) is 3.73. The van der Waals surface area contributed by atoms with Gasteiger partial charge >= 0.3 is 0 Å². The lowest BCUT2D eigenvalue weighted by Crippen LogP contribution is -2.43. The third-order valence-corrected chi connectivity index (χ3v) is 9.77. The molecule has 3 aliphatic rings. The maximum Gasteiger partial charge on any atom is 0.261 e. The Hall–Kier alpha value is -1.74. The van der Waals surface area contributed by atoms with Crippen molar-refractivity contribution in [1.29, 1.82) is 0 Å². The van der Waals surface area contributed by atoms with Gasteiger partial charge in [0.15, 0.2) is 13.9 Å². The summed E-state index contributed by atoms with van der Waals surface area (Å²) in [6.45, 7) is 6.31. The van der Waals surface area contributed by atoms with Crippen molar-refractivity contribution in [2.24, 2.45) is 5.92 Å². The minimum absolute atomic E-state index is 0.0642. The molecule has 4 rings (SSSR count). The number of fused-ring (bicyclic) bond motifs is 2. The molecule has 0 saturated carbocycles. The molecule has 170 valence electrons. The molecule has 0 bridgehead atoms. The van der Waals surface area contributed by atoms with E-state index in [4.69, 9.17) is 4.74 Å². The van der Waals surface area contributed by atoms with Crippen LogP contribution in [-0.2, 0) is 19.9 Å². The van der Waals surface area contributed by atoms with Gasteiger partial charge in [0.25, 0.3) is 5.91 Å². The molecule has 0 unspecified atom stereocenters. The highest BCUT2D eigenvalue weighted by Gasteiger charge is 2.64. The highest BCUT2D eigenvalue weighted by Crippen LogP contribution is 2.58. The molecule has 31 heavy (non-hydrogen) atoms. The summed E-state index contributed by atoms with van der Waals surface area (Å²) in [6.07, 6.45) is 4.59. The number of benzene rings is 1. The van der Waals surface area contributed by atoms with Crippen LogP contribution in [0.3, 0.4) is 0 Å². The summed E-state index contributed by atoms with van der Waals surface area (Å²) in [6, 6.07) is 5.67. The van der Waals surface area contributed by atoms with Gasteiger partial charge < -0.3 is 24.9 Å². The monoisotopic (exact) mass is 446 g/mol. The average molecular weight is 447 g/mol. The Morgan fingerprint density at radius 2 is 1.97 bits per heavy atom. The Bertz CT molecular complexity index is 870. The maximum atomic E-state index is 13.3. The van der Waals surface area contributed by atoms with Crippen LogP contribution in [0, 0.1) is 5.92 Å². The summed E-state index contributed by atoms with van der Waals surface area (Å²) in [5.41, 5.74) is 0.819. The quantitative estimate of drug-likeness (QED) is 0.617. The van der Waals surface area contributed by atoms with Crippen LogP contribution in [-0.4, -0.2) is 49.3 Å². The van der Waals surface area contributed by atoms with E-state index in [9.17, 15) is 19.5 Å². The van der Waals surface area contributed by atoms with Crippen LogP contribution >= 0.6 is 0 Å². The molecule has 0 aliphatic carbocycles. The maximum absolute atomic E-state index is 13.3. The highest BCUT2D eigenvalue weighted by atomic mass is 28.4. The van der Waals surface area contributed by atoms with Crippen LogP contribution in [0.1, 0.15) is 51.0 Å². The van der Waals surface area contributed by atoms with Crippen LogP contribution in [0.2, 0.25) is 18.6 Å². The van der Waals surface area contributed by atoms with E-state index in [-0.39, 0.29) is 29.9 Å². The summed E-state index contributed by atoms with van der Waals surface area (Å²) >= 11 is 0. The molecule has 3 aliphatic heterocycles. The van der Waals surface area contributed by atoms with Crippen molar-refractivity contribution in [2.75, 3.05) is 23.4 Å². The average Bonchev–Trinajstić information content (AvgIpc) is 3.13. The first-order chi connectivity index (χ1) is 14.7. The number of anilines is 2. The smallest absolute Gasteiger partial charge is 0.261 e. The molecule has 3 heterocycles. The van der Waals surface area contributed by atoms with Crippen molar-refractivity contribution < 1.29 is 24.2 Å². The molecule has 2 fully saturated rings. The van der Waals surface area contributed by atoms with E-state index in [1.54, 1.807) is 0 Å². The van der Waals surface area contributed by atoms with Gasteiger partial charge in [0.1, 0.15) is 0 Å². The zero-order valence-electron chi connectivity index (χ0n) is 18.7. The van der Waals surface area contributed by atoms with Crippen molar-refractivity contribution in [1.82, 2.24) is 0 Å². The molecular formula is C23H34N2O5Si. The molecular weight excluding hydrogens is 412 g/mol. The van der Waals surface area contributed by atoms with Crippen molar-refractivity contribution in [3.63, 3.8) is 0 Å². The number of carbonyl (C=O) groups is 2. The van der Waals surface area contributed by atoms with Gasteiger partial charge in [-0.3, -0.25) is 9.59 Å². The number of amides is 2. The van der Waals surface area contributed by atoms with E-state index >= 15 is 0 Å². The van der Waals surface area contributed by atoms with E-state index in [1.807, 2.05) is 43.1 Å². The largest absolute Gasteiger partial charge is 0.432 e. The second kappa shape index (κ2) is 8.31. The van der Waals surface area contributed by atoms with Crippen molar-refractivity contribution in [3.05, 3.63) is 23.8 Å². The van der Waals surface area contributed by atoms with Crippen molar-refractivity contribution >= 4 is 31.5 Å². The molecule has 1 aromatic rings. The van der Waals surface area contributed by atoms with Gasteiger partial charge in [0, 0.05) is 48.0 Å². The topological polar surface area (TPSA) is 99.1 Å². The number of rotatable bonds is 4. The number of aliphatic hydroxyl groups is 1. The lowest BCUT2D eigenvalue weighted by molar-refractivity contribution is -0.143. The fraction of sp³-hybridized carbons (Fsp3) is 0.652. The minimum Gasteiger partial charge on any atom is -0.432 e. The molecule has 3 N–H and O–H groups in total. The molecule has 0 aromatic heterocycles. The fourth-order valence-electron chi connectivity index (χ4n) is 5.88. The Kier molecular flexibility index (Phi) is 6.02. The molecule has 2 saturated heterocycles. The van der Waals surface area contributed by atoms with Crippen molar-refractivity contribution in [3.8, 4) is 0 Å². The number of nitrogens with zero attached hydrogens (tertiary/aromatic N) is 1. The van der Waals surface area contributed by atoms with E-state index in [0.717, 1.165) is 36.9 Å². The summed E-state index contributed by atoms with van der Waals surface area (Å²) in [4.78, 5) is 38.9. The molecule has 0 radical (unpaired) electrons. The molecule has 1 spiro atoms. The van der Waals surface area contributed by atoms with E-state index < -0.39 is 20.0 Å². The normalized spacial score (nSPS) is 31.5. The fourth-order valence-corrected chi connectivity index (χ4v) is 8.48. The van der Waals surface area contributed by atoms with Gasteiger partial charge in [0.05, 0.1) is 6.10 Å². The van der Waals surface area contributed by atoms with Gasteiger partial charge in [-0.1, -0.05) is 19.8 Å². The first-order valence-electron chi connectivity index (χ1n) is 11.5. The van der Waals surface area contributed by atoms with Crippen LogP contribution < -0.4 is 10.2 Å². The second-order valence-electron chi connectivity index (χ2n) is 9.77. The summed E-state index contributed by atoms with van der Waals surface area (Å²) in [5.74, 6) is -0.364. The SMILES string of the molecule is C[C@H]1[C@H]([Si](C)(C)O)[C@@H](CCO)O[C@]12C(=O)Nc1ccc(N3CCCCCCC3=O)cc12. The first kappa shape index (κ1) is 22.5. The van der Waals surface area contributed by atoms with E-state index in [2.05, 4.69) is 5.32 Å². The number of hydrogen-bond acceptors (Lipinski definition) is 5. The number of aliphatic hydroxyl groups excluding tert-OH is 1. The predicted octanol–water partition coefficient (Wildman–Crippen LogP) is 3.12. The minimum atomic E-state index is -2.68. The number of carbonyl (C=O) groups excluding carboxylic acids is 2. The Labute approximate surface area is 184 Å². The number of hydrogen-bond donors (Lipinski definition) is 3. The molecule has 7 nitrogen and oxygen atoms in total. The van der Waals surface area contributed by atoms with Gasteiger partial charge in [-0.25, -0.2) is 0 Å². The zero-order valence-corrected chi connectivity index (χ0v) is 19.7. The lowest BCUT2D eigenvalue weighted by atomic mass is 9.82. The molecule has 1 aromatic carbocycles. The van der Waals surface area contributed by atoms with Crippen LogP contribution in [0.15, 0.2) is 18.2 Å². The summed E-state index contributed by atoms with van der Waals surface area (Å²) in [5, 5.41) is 12.6. The van der Waals surface area contributed by atoms with Gasteiger partial charge in [-0.15, -0.1) is 0 Å². The van der Waals surface area contributed by atoms with Gasteiger partial charge in [-0.2, -0.15) is 0 Å². The van der Waals surface area contributed by atoms with Gasteiger partial charge in [-0.05, 0) is 50.6 Å². The van der Waals surface area contributed by atoms with Crippen LogP contribution in [0.4, 0.5) is 11.4 Å². The number of nitrogens with one attached hydrogen (secondary N) is 1. The van der Waals surface area contributed by atoms with Crippen LogP contribution in [0.25, 0.3) is 0 Å². The highest BCUT2D eigenvalue weighted by molar-refractivity contribution is 6.71. The molecule has 2 amide bonds. The predicted molar refractivity (Wildman–Crippen MR) is 121 cm³/mol. The van der Waals surface area contributed by atoms with Crippen molar-refractivity contribution in [2.45, 2.75) is 75.8 Å². The number of ether oxygens (including phenoxy) is 1. The zero-order chi connectivity index (χ0) is 22.4.